The largest absolute Gasteiger partial charge is 0.481 e. The maximum absolute atomic E-state index is 11.9. The van der Waals surface area contributed by atoms with Crippen LogP contribution in [0.4, 0.5) is 10.5 Å². The van der Waals surface area contributed by atoms with Crippen LogP contribution in [0.1, 0.15) is 11.3 Å². The summed E-state index contributed by atoms with van der Waals surface area (Å²) in [5.74, 6) is -0.945. The number of hydrogen-bond acceptors (Lipinski definition) is 3. The minimum atomic E-state index is -0.945. The minimum Gasteiger partial charge on any atom is -0.481 e. The van der Waals surface area contributed by atoms with Gasteiger partial charge in [0.15, 0.2) is 0 Å². The summed E-state index contributed by atoms with van der Waals surface area (Å²) in [6.07, 6.45) is 1.51. The van der Waals surface area contributed by atoms with Crippen molar-refractivity contribution >= 4 is 17.7 Å². The molecule has 1 aromatic heterocycles. The summed E-state index contributed by atoms with van der Waals surface area (Å²) in [6.45, 7) is 0.337. The van der Waals surface area contributed by atoms with Crippen molar-refractivity contribution in [3.8, 4) is 0 Å². The van der Waals surface area contributed by atoms with E-state index in [9.17, 15) is 9.59 Å². The van der Waals surface area contributed by atoms with Gasteiger partial charge in [0.25, 0.3) is 0 Å². The van der Waals surface area contributed by atoms with E-state index in [1.165, 1.54) is 0 Å². The third kappa shape index (κ3) is 4.07. The van der Waals surface area contributed by atoms with Gasteiger partial charge in [0.2, 0.25) is 0 Å². The van der Waals surface area contributed by atoms with Gasteiger partial charge in [-0.05, 0) is 17.7 Å². The van der Waals surface area contributed by atoms with Gasteiger partial charge in [-0.1, -0.05) is 18.2 Å². The molecule has 0 saturated heterocycles. The van der Waals surface area contributed by atoms with Crippen molar-refractivity contribution in [3.63, 3.8) is 0 Å². The molecule has 0 saturated carbocycles. The molecule has 21 heavy (non-hydrogen) atoms. The highest BCUT2D eigenvalue weighted by Crippen LogP contribution is 2.15. The van der Waals surface area contributed by atoms with Crippen LogP contribution in [0, 0.1) is 0 Å². The summed E-state index contributed by atoms with van der Waals surface area (Å²) < 4.78 is 1.67. The van der Waals surface area contributed by atoms with E-state index >= 15 is 0 Å². The summed E-state index contributed by atoms with van der Waals surface area (Å²) >= 11 is 0. The molecule has 1 heterocycles. The second-order valence-corrected chi connectivity index (χ2v) is 4.48. The molecule has 7 heteroatoms. The van der Waals surface area contributed by atoms with Gasteiger partial charge in [-0.15, -0.1) is 0 Å². The van der Waals surface area contributed by atoms with Crippen LogP contribution in [-0.4, -0.2) is 26.9 Å². The van der Waals surface area contributed by atoms with E-state index in [1.807, 2.05) is 0 Å². The molecule has 0 atom stereocenters. The quantitative estimate of drug-likeness (QED) is 0.774. The highest BCUT2D eigenvalue weighted by atomic mass is 16.4. The average molecular weight is 288 g/mol. The van der Waals surface area contributed by atoms with E-state index in [1.54, 1.807) is 48.3 Å². The van der Waals surface area contributed by atoms with Crippen LogP contribution < -0.4 is 10.6 Å². The molecule has 0 aliphatic carbocycles. The lowest BCUT2D eigenvalue weighted by molar-refractivity contribution is -0.136. The molecule has 3 N–H and O–H groups in total. The Morgan fingerprint density at radius 3 is 2.71 bits per heavy atom. The molecular weight excluding hydrogens is 272 g/mol. The first-order valence-electron chi connectivity index (χ1n) is 6.37. The van der Waals surface area contributed by atoms with Crippen LogP contribution in [0.5, 0.6) is 0 Å². The molecule has 2 aromatic rings. The van der Waals surface area contributed by atoms with Gasteiger partial charge in [0.05, 0.1) is 18.7 Å². The standard InChI is InChI=1S/C14H16N4O3/c1-18-11(6-7-16-18)9-15-14(21)17-12-5-3-2-4-10(12)8-13(19)20/h2-7H,8-9H2,1H3,(H,19,20)(H2,15,17,21). The fraction of sp³-hybridized carbons (Fsp3) is 0.214. The summed E-state index contributed by atoms with van der Waals surface area (Å²) in [6, 6.07) is 8.22. The first-order chi connectivity index (χ1) is 10.1. The van der Waals surface area contributed by atoms with Gasteiger partial charge < -0.3 is 15.7 Å². The average Bonchev–Trinajstić information content (AvgIpc) is 2.84. The molecule has 0 bridgehead atoms. The number of aliphatic carboxylic acids is 1. The molecule has 0 spiro atoms. The summed E-state index contributed by atoms with van der Waals surface area (Å²) in [5.41, 5.74) is 1.91. The number of para-hydroxylation sites is 1. The zero-order valence-corrected chi connectivity index (χ0v) is 11.5. The van der Waals surface area contributed by atoms with E-state index in [-0.39, 0.29) is 6.42 Å². The van der Waals surface area contributed by atoms with Crippen molar-refractivity contribution in [1.29, 1.82) is 0 Å². The predicted molar refractivity (Wildman–Crippen MR) is 76.8 cm³/mol. The van der Waals surface area contributed by atoms with Crippen molar-refractivity contribution in [2.24, 2.45) is 7.05 Å². The number of aromatic nitrogens is 2. The third-order valence-electron chi connectivity index (χ3n) is 2.96. The summed E-state index contributed by atoms with van der Waals surface area (Å²) in [7, 11) is 1.79. The second kappa shape index (κ2) is 6.56. The number of rotatable bonds is 5. The SMILES string of the molecule is Cn1nccc1CNC(=O)Nc1ccccc1CC(=O)O. The normalized spacial score (nSPS) is 10.1. The lowest BCUT2D eigenvalue weighted by Gasteiger charge is -2.11. The lowest BCUT2D eigenvalue weighted by atomic mass is 10.1. The Balaban J connectivity index is 1.96. The highest BCUT2D eigenvalue weighted by Gasteiger charge is 2.09. The first-order valence-corrected chi connectivity index (χ1v) is 6.37. The predicted octanol–water partition coefficient (Wildman–Crippen LogP) is 1.37. The number of carbonyl (C=O) groups excluding carboxylic acids is 1. The van der Waals surface area contributed by atoms with E-state index in [2.05, 4.69) is 15.7 Å². The van der Waals surface area contributed by atoms with Gasteiger partial charge in [-0.3, -0.25) is 9.48 Å². The second-order valence-electron chi connectivity index (χ2n) is 4.48. The van der Waals surface area contributed by atoms with Crippen LogP contribution in [0.3, 0.4) is 0 Å². The van der Waals surface area contributed by atoms with Crippen LogP contribution in [0.2, 0.25) is 0 Å². The molecule has 0 aliphatic rings. The van der Waals surface area contributed by atoms with Gasteiger partial charge in [0.1, 0.15) is 0 Å². The Kier molecular flexibility index (Phi) is 4.55. The topological polar surface area (TPSA) is 96.3 Å². The maximum Gasteiger partial charge on any atom is 0.319 e. The van der Waals surface area contributed by atoms with Crippen molar-refractivity contribution in [2.75, 3.05) is 5.32 Å². The molecule has 7 nitrogen and oxygen atoms in total. The molecule has 2 amide bonds. The number of carboxylic acid groups (broad SMARTS) is 1. The monoisotopic (exact) mass is 288 g/mol. The molecule has 0 unspecified atom stereocenters. The molecule has 0 fully saturated rings. The van der Waals surface area contributed by atoms with Crippen LogP contribution in [-0.2, 0) is 24.8 Å². The van der Waals surface area contributed by atoms with Crippen LogP contribution in [0.15, 0.2) is 36.5 Å². The minimum absolute atomic E-state index is 0.141. The molecule has 0 aliphatic heterocycles. The van der Waals surface area contributed by atoms with Crippen molar-refractivity contribution in [1.82, 2.24) is 15.1 Å². The van der Waals surface area contributed by atoms with E-state index < -0.39 is 12.0 Å². The molecule has 0 radical (unpaired) electrons. The number of aryl methyl sites for hydroxylation is 1. The number of carbonyl (C=O) groups is 2. The van der Waals surface area contributed by atoms with Crippen molar-refractivity contribution < 1.29 is 14.7 Å². The van der Waals surface area contributed by atoms with E-state index in [0.29, 0.717) is 17.8 Å². The number of nitrogens with zero attached hydrogens (tertiary/aromatic N) is 2. The number of carboxylic acids is 1. The number of anilines is 1. The van der Waals surface area contributed by atoms with Crippen molar-refractivity contribution in [2.45, 2.75) is 13.0 Å². The number of hydrogen-bond donors (Lipinski definition) is 3. The summed E-state index contributed by atoms with van der Waals surface area (Å²) in [4.78, 5) is 22.6. The molecule has 2 rings (SSSR count). The third-order valence-corrected chi connectivity index (χ3v) is 2.96. The zero-order chi connectivity index (χ0) is 15.2. The van der Waals surface area contributed by atoms with Gasteiger partial charge >= 0.3 is 12.0 Å². The Labute approximate surface area is 121 Å². The Bertz CT molecular complexity index is 651. The van der Waals surface area contributed by atoms with Crippen molar-refractivity contribution in [3.05, 3.63) is 47.8 Å². The molecular formula is C14H16N4O3. The number of urea groups is 1. The van der Waals surface area contributed by atoms with Gasteiger partial charge in [0, 0.05) is 18.9 Å². The summed E-state index contributed by atoms with van der Waals surface area (Å²) in [5, 5.41) is 18.2. The number of amides is 2. The molecule has 110 valence electrons. The Hall–Kier alpha value is -2.83. The molecule has 1 aromatic carbocycles. The lowest BCUT2D eigenvalue weighted by Crippen LogP contribution is -2.29. The van der Waals surface area contributed by atoms with E-state index in [4.69, 9.17) is 5.11 Å². The van der Waals surface area contributed by atoms with Gasteiger partial charge in [-0.2, -0.15) is 5.10 Å². The Morgan fingerprint density at radius 1 is 1.29 bits per heavy atom. The highest BCUT2D eigenvalue weighted by molar-refractivity contribution is 5.90. The maximum atomic E-state index is 11.9. The zero-order valence-electron chi connectivity index (χ0n) is 11.5. The van der Waals surface area contributed by atoms with Crippen LogP contribution >= 0.6 is 0 Å². The fourth-order valence-corrected chi connectivity index (χ4v) is 1.87. The first kappa shape index (κ1) is 14.6. The number of benzene rings is 1. The smallest absolute Gasteiger partial charge is 0.319 e. The van der Waals surface area contributed by atoms with E-state index in [0.717, 1.165) is 5.69 Å². The fourth-order valence-electron chi connectivity index (χ4n) is 1.87. The van der Waals surface area contributed by atoms with Gasteiger partial charge in [-0.25, -0.2) is 4.79 Å². The number of nitrogens with one attached hydrogen (secondary N) is 2. The Morgan fingerprint density at radius 2 is 2.05 bits per heavy atom. The van der Waals surface area contributed by atoms with Crippen LogP contribution in [0.25, 0.3) is 0 Å².